The van der Waals surface area contributed by atoms with E-state index in [0.717, 1.165) is 44.3 Å². The van der Waals surface area contributed by atoms with Gasteiger partial charge in [0, 0.05) is 24.4 Å². The van der Waals surface area contributed by atoms with Crippen LogP contribution in [-0.2, 0) is 12.0 Å². The van der Waals surface area contributed by atoms with Crippen molar-refractivity contribution in [2.24, 2.45) is 11.8 Å². The van der Waals surface area contributed by atoms with Crippen LogP contribution in [-0.4, -0.2) is 41.6 Å². The van der Waals surface area contributed by atoms with Gasteiger partial charge in [-0.1, -0.05) is 6.92 Å². The van der Waals surface area contributed by atoms with E-state index in [1.54, 1.807) is 12.4 Å². The fraction of sp³-hybridized carbons (Fsp3) is 0.684. The third-order valence-corrected chi connectivity index (χ3v) is 6.63. The topological polar surface area (TPSA) is 98.5 Å². The summed E-state index contributed by atoms with van der Waals surface area (Å²) >= 11 is 0. The first-order chi connectivity index (χ1) is 13.0. The molecule has 4 bridgehead atoms. The molecule has 0 saturated heterocycles. The summed E-state index contributed by atoms with van der Waals surface area (Å²) in [5.41, 5.74) is 0.236. The van der Waals surface area contributed by atoms with Gasteiger partial charge in [0.2, 0.25) is 0 Å². The van der Waals surface area contributed by atoms with E-state index < -0.39 is 0 Å². The van der Waals surface area contributed by atoms with Gasteiger partial charge in [-0.3, -0.25) is 4.79 Å². The van der Waals surface area contributed by atoms with Gasteiger partial charge in [0.25, 0.3) is 5.91 Å². The average Bonchev–Trinajstić information content (AvgIpc) is 3.07. The highest BCUT2D eigenvalue weighted by Gasteiger charge is 2.60. The van der Waals surface area contributed by atoms with Crippen LogP contribution in [0, 0.1) is 18.8 Å². The van der Waals surface area contributed by atoms with Gasteiger partial charge in [-0.25, -0.2) is 9.97 Å². The number of nitrogens with one attached hydrogen (secondary N) is 1. The Kier molecular flexibility index (Phi) is 3.61. The van der Waals surface area contributed by atoms with E-state index in [-0.39, 0.29) is 17.0 Å². The fourth-order valence-electron chi connectivity index (χ4n) is 6.05. The van der Waals surface area contributed by atoms with Crippen LogP contribution in [0.1, 0.15) is 67.5 Å². The number of rotatable bonds is 4. The van der Waals surface area contributed by atoms with E-state index in [4.69, 9.17) is 0 Å². The van der Waals surface area contributed by atoms with Gasteiger partial charge in [-0.15, -0.1) is 10.2 Å². The molecule has 2 atom stereocenters. The summed E-state index contributed by atoms with van der Waals surface area (Å²) in [4.78, 5) is 23.3. The number of amides is 1. The third kappa shape index (κ3) is 2.73. The summed E-state index contributed by atoms with van der Waals surface area (Å²) in [5.74, 6) is 2.61. The Morgan fingerprint density at radius 1 is 1.22 bits per heavy atom. The lowest BCUT2D eigenvalue weighted by Crippen LogP contribution is -2.66. The predicted molar refractivity (Wildman–Crippen MR) is 96.8 cm³/mol. The zero-order valence-electron chi connectivity index (χ0n) is 15.9. The summed E-state index contributed by atoms with van der Waals surface area (Å²) in [6.07, 6.45) is 10.4. The van der Waals surface area contributed by atoms with Crippen LogP contribution in [0.4, 0.5) is 0 Å². The van der Waals surface area contributed by atoms with Crippen molar-refractivity contribution < 1.29 is 4.79 Å². The molecule has 2 aromatic heterocycles. The SMILES string of the molecule is CCc1ncc(C(=O)NC23CC4CC(C2)CC(n2nnc(C)n2)(C4)C3)cn1. The van der Waals surface area contributed by atoms with Crippen LogP contribution in [0.15, 0.2) is 12.4 Å². The number of aryl methyl sites for hydroxylation is 2. The molecule has 4 aliphatic rings. The highest BCUT2D eigenvalue weighted by atomic mass is 16.1. The van der Waals surface area contributed by atoms with Gasteiger partial charge >= 0.3 is 0 Å². The van der Waals surface area contributed by atoms with Crippen LogP contribution >= 0.6 is 0 Å². The van der Waals surface area contributed by atoms with Crippen LogP contribution < -0.4 is 5.32 Å². The molecule has 0 spiro atoms. The molecule has 27 heavy (non-hydrogen) atoms. The van der Waals surface area contributed by atoms with Gasteiger partial charge in [0.1, 0.15) is 5.82 Å². The van der Waals surface area contributed by atoms with Gasteiger partial charge < -0.3 is 5.32 Å². The lowest BCUT2D eigenvalue weighted by Gasteiger charge is -2.61. The molecular weight excluding hydrogens is 342 g/mol. The van der Waals surface area contributed by atoms with Crippen molar-refractivity contribution in [3.63, 3.8) is 0 Å². The summed E-state index contributed by atoms with van der Waals surface area (Å²) in [7, 11) is 0. The second-order valence-corrected chi connectivity index (χ2v) is 8.79. The first-order valence-corrected chi connectivity index (χ1v) is 9.90. The van der Waals surface area contributed by atoms with Crippen LogP contribution in [0.3, 0.4) is 0 Å². The quantitative estimate of drug-likeness (QED) is 0.885. The number of nitrogens with zero attached hydrogens (tertiary/aromatic N) is 6. The van der Waals surface area contributed by atoms with E-state index in [2.05, 4.69) is 30.7 Å². The number of carbonyl (C=O) groups excluding carboxylic acids is 1. The maximum Gasteiger partial charge on any atom is 0.254 e. The monoisotopic (exact) mass is 367 g/mol. The molecule has 2 aromatic rings. The standard InChI is InChI=1S/C19H25N7O/c1-3-16-20-9-15(10-21-16)17(27)22-18-5-13-4-14(6-18)8-19(7-13,11-18)26-24-12(2)23-25-26/h9-10,13-14H,3-8,11H2,1-2H3,(H,22,27). The van der Waals surface area contributed by atoms with Gasteiger partial charge in [-0.05, 0) is 62.5 Å². The molecule has 4 saturated carbocycles. The molecule has 0 aliphatic heterocycles. The van der Waals surface area contributed by atoms with E-state index in [1.807, 2.05) is 18.6 Å². The second-order valence-electron chi connectivity index (χ2n) is 8.79. The van der Waals surface area contributed by atoms with Crippen molar-refractivity contribution in [2.45, 2.75) is 69.9 Å². The number of tetrazole rings is 1. The molecule has 142 valence electrons. The van der Waals surface area contributed by atoms with E-state index >= 15 is 0 Å². The lowest BCUT2D eigenvalue weighted by atomic mass is 9.50. The smallest absolute Gasteiger partial charge is 0.254 e. The zero-order chi connectivity index (χ0) is 18.6. The van der Waals surface area contributed by atoms with Crippen molar-refractivity contribution in [3.8, 4) is 0 Å². The Bertz CT molecular complexity index is 860. The third-order valence-electron chi connectivity index (χ3n) is 6.63. The zero-order valence-corrected chi connectivity index (χ0v) is 15.9. The molecular formula is C19H25N7O. The van der Waals surface area contributed by atoms with Crippen molar-refractivity contribution >= 4 is 5.91 Å². The Morgan fingerprint density at radius 2 is 1.93 bits per heavy atom. The molecule has 6 rings (SSSR count). The Labute approximate surface area is 158 Å². The van der Waals surface area contributed by atoms with E-state index in [1.165, 1.54) is 6.42 Å². The first kappa shape index (κ1) is 16.8. The minimum absolute atomic E-state index is 0.0718. The highest BCUT2D eigenvalue weighted by molar-refractivity contribution is 5.94. The summed E-state index contributed by atoms with van der Waals surface area (Å²) < 4.78 is 0. The first-order valence-electron chi connectivity index (χ1n) is 9.90. The minimum Gasteiger partial charge on any atom is -0.346 e. The number of aromatic nitrogens is 6. The summed E-state index contributed by atoms with van der Waals surface area (Å²) in [6, 6.07) is 0. The predicted octanol–water partition coefficient (Wildman–Crippen LogP) is 1.81. The average molecular weight is 367 g/mol. The molecule has 1 amide bonds. The van der Waals surface area contributed by atoms with Gasteiger partial charge in [-0.2, -0.15) is 4.80 Å². The van der Waals surface area contributed by atoms with E-state index in [0.29, 0.717) is 23.2 Å². The summed E-state index contributed by atoms with van der Waals surface area (Å²) in [5, 5.41) is 16.4. The lowest BCUT2D eigenvalue weighted by molar-refractivity contribution is -0.0811. The number of hydrogen-bond donors (Lipinski definition) is 1. The molecule has 0 aromatic carbocycles. The Balaban J connectivity index is 1.42. The van der Waals surface area contributed by atoms with Crippen molar-refractivity contribution in [3.05, 3.63) is 29.6 Å². The molecule has 8 nitrogen and oxygen atoms in total. The molecule has 2 unspecified atom stereocenters. The molecule has 4 fully saturated rings. The molecule has 1 N–H and O–H groups in total. The largest absolute Gasteiger partial charge is 0.346 e. The maximum atomic E-state index is 12.9. The van der Waals surface area contributed by atoms with E-state index in [9.17, 15) is 4.79 Å². The minimum atomic E-state index is -0.188. The Hall–Kier alpha value is -2.38. The van der Waals surface area contributed by atoms with Gasteiger partial charge in [0.15, 0.2) is 5.82 Å². The van der Waals surface area contributed by atoms with Crippen LogP contribution in [0.2, 0.25) is 0 Å². The van der Waals surface area contributed by atoms with Gasteiger partial charge in [0.05, 0.1) is 11.1 Å². The fourth-order valence-corrected chi connectivity index (χ4v) is 6.05. The van der Waals surface area contributed by atoms with Crippen LogP contribution in [0.25, 0.3) is 0 Å². The summed E-state index contributed by atoms with van der Waals surface area (Å²) in [6.45, 7) is 3.88. The normalized spacial score (nSPS) is 34.0. The molecule has 2 heterocycles. The van der Waals surface area contributed by atoms with Crippen LogP contribution in [0.5, 0.6) is 0 Å². The second kappa shape index (κ2) is 5.81. The number of carbonyl (C=O) groups is 1. The van der Waals surface area contributed by atoms with Crippen molar-refractivity contribution in [1.29, 1.82) is 0 Å². The van der Waals surface area contributed by atoms with Crippen molar-refractivity contribution in [2.75, 3.05) is 0 Å². The molecule has 0 radical (unpaired) electrons. The maximum absolute atomic E-state index is 12.9. The molecule has 4 aliphatic carbocycles. The molecule has 8 heteroatoms. The highest BCUT2D eigenvalue weighted by Crippen LogP contribution is 2.60. The number of hydrogen-bond acceptors (Lipinski definition) is 6. The van der Waals surface area contributed by atoms with Crippen molar-refractivity contribution in [1.82, 2.24) is 35.5 Å². The Morgan fingerprint density at radius 3 is 2.52 bits per heavy atom.